The number of aryl methyl sites for hydroxylation is 1. The van der Waals surface area contributed by atoms with Crippen molar-refractivity contribution < 1.29 is 9.18 Å². The van der Waals surface area contributed by atoms with Gasteiger partial charge in [-0.2, -0.15) is 11.8 Å². The topological polar surface area (TPSA) is 55.1 Å². The molecule has 0 fully saturated rings. The summed E-state index contributed by atoms with van der Waals surface area (Å²) in [6.07, 6.45) is 2.57. The van der Waals surface area contributed by atoms with Gasteiger partial charge in [-0.15, -0.1) is 0 Å². The van der Waals surface area contributed by atoms with Crippen molar-refractivity contribution in [1.29, 1.82) is 0 Å². The van der Waals surface area contributed by atoms with Gasteiger partial charge in [-0.3, -0.25) is 4.79 Å². The van der Waals surface area contributed by atoms with E-state index in [1.807, 2.05) is 6.26 Å². The molecule has 17 heavy (non-hydrogen) atoms. The summed E-state index contributed by atoms with van der Waals surface area (Å²) in [5.41, 5.74) is 6.69. The van der Waals surface area contributed by atoms with Gasteiger partial charge in [-0.25, -0.2) is 4.39 Å². The number of nitrogens with one attached hydrogen (secondary N) is 1. The molecule has 3 nitrogen and oxygen atoms in total. The van der Waals surface area contributed by atoms with Crippen LogP contribution in [0.5, 0.6) is 0 Å². The molecular weight excluding hydrogens is 239 g/mol. The van der Waals surface area contributed by atoms with Crippen LogP contribution in [0.1, 0.15) is 12.0 Å². The number of rotatable bonds is 5. The highest BCUT2D eigenvalue weighted by molar-refractivity contribution is 7.98. The highest BCUT2D eigenvalue weighted by Gasteiger charge is 2.13. The maximum atomic E-state index is 13.2. The van der Waals surface area contributed by atoms with Gasteiger partial charge in [-0.1, -0.05) is 6.07 Å². The molecule has 0 spiro atoms. The molecule has 94 valence electrons. The van der Waals surface area contributed by atoms with E-state index in [2.05, 4.69) is 5.32 Å². The number of thioether (sulfide) groups is 1. The maximum absolute atomic E-state index is 13.2. The van der Waals surface area contributed by atoms with Crippen molar-refractivity contribution in [3.05, 3.63) is 29.6 Å². The zero-order chi connectivity index (χ0) is 12.8. The van der Waals surface area contributed by atoms with Crippen molar-refractivity contribution in [2.45, 2.75) is 19.4 Å². The van der Waals surface area contributed by atoms with Crippen LogP contribution in [-0.4, -0.2) is 24.0 Å². The van der Waals surface area contributed by atoms with Gasteiger partial charge in [0.25, 0.3) is 0 Å². The molecule has 1 unspecified atom stereocenters. The number of hydrogen-bond acceptors (Lipinski definition) is 3. The fourth-order valence-electron chi connectivity index (χ4n) is 1.28. The highest BCUT2D eigenvalue weighted by atomic mass is 32.2. The Morgan fingerprint density at radius 3 is 2.88 bits per heavy atom. The number of benzene rings is 1. The number of anilines is 1. The van der Waals surface area contributed by atoms with Crippen LogP contribution in [0.2, 0.25) is 0 Å². The summed E-state index contributed by atoms with van der Waals surface area (Å²) in [7, 11) is 0. The van der Waals surface area contributed by atoms with Crippen molar-refractivity contribution in [2.24, 2.45) is 5.73 Å². The van der Waals surface area contributed by atoms with E-state index in [1.165, 1.54) is 6.07 Å². The lowest BCUT2D eigenvalue weighted by Crippen LogP contribution is -2.36. The van der Waals surface area contributed by atoms with Crippen molar-refractivity contribution in [1.82, 2.24) is 0 Å². The van der Waals surface area contributed by atoms with Crippen LogP contribution in [0.15, 0.2) is 18.2 Å². The first-order chi connectivity index (χ1) is 8.04. The molecule has 1 atom stereocenters. The summed E-state index contributed by atoms with van der Waals surface area (Å²) >= 11 is 1.64. The normalized spacial score (nSPS) is 12.2. The third-order valence-corrected chi connectivity index (χ3v) is 3.05. The molecule has 0 heterocycles. The number of carbonyl (C=O) groups excluding carboxylic acids is 1. The molecule has 1 aromatic carbocycles. The quantitative estimate of drug-likeness (QED) is 0.848. The average Bonchev–Trinajstić information content (AvgIpc) is 2.30. The first-order valence-corrected chi connectivity index (χ1v) is 6.75. The number of hydrogen-bond donors (Lipinski definition) is 2. The van der Waals surface area contributed by atoms with Gasteiger partial charge in [0.15, 0.2) is 0 Å². The molecule has 1 rings (SSSR count). The Balaban J connectivity index is 2.58. The predicted molar refractivity (Wildman–Crippen MR) is 70.7 cm³/mol. The third-order valence-electron chi connectivity index (χ3n) is 2.41. The van der Waals surface area contributed by atoms with Crippen LogP contribution in [0.3, 0.4) is 0 Å². The van der Waals surface area contributed by atoms with E-state index in [4.69, 9.17) is 5.73 Å². The Hall–Kier alpha value is -1.07. The summed E-state index contributed by atoms with van der Waals surface area (Å²) in [6.45, 7) is 1.67. The summed E-state index contributed by atoms with van der Waals surface area (Å²) in [5.74, 6) is 0.222. The fraction of sp³-hybridized carbons (Fsp3) is 0.417. The van der Waals surface area contributed by atoms with Crippen molar-refractivity contribution in [3.63, 3.8) is 0 Å². The maximum Gasteiger partial charge on any atom is 0.241 e. The Kier molecular flexibility index (Phi) is 5.44. The minimum atomic E-state index is -0.549. The minimum absolute atomic E-state index is 0.276. The average molecular weight is 256 g/mol. The van der Waals surface area contributed by atoms with Gasteiger partial charge >= 0.3 is 0 Å². The van der Waals surface area contributed by atoms with E-state index in [0.29, 0.717) is 17.7 Å². The molecule has 1 aromatic rings. The summed E-state index contributed by atoms with van der Waals surface area (Å²) in [6, 6.07) is 4.04. The summed E-state index contributed by atoms with van der Waals surface area (Å²) in [5, 5.41) is 2.61. The van der Waals surface area contributed by atoms with E-state index in [-0.39, 0.29) is 11.7 Å². The lowest BCUT2D eigenvalue weighted by Gasteiger charge is -2.11. The number of amides is 1. The van der Waals surface area contributed by atoms with Crippen LogP contribution >= 0.6 is 11.8 Å². The van der Waals surface area contributed by atoms with Gasteiger partial charge < -0.3 is 11.1 Å². The molecule has 0 aromatic heterocycles. The van der Waals surface area contributed by atoms with Crippen LogP contribution in [0, 0.1) is 12.7 Å². The van der Waals surface area contributed by atoms with E-state index in [0.717, 1.165) is 5.75 Å². The van der Waals surface area contributed by atoms with Gasteiger partial charge in [0.2, 0.25) is 5.91 Å². The standard InChI is InChI=1S/C12H17FN2OS/c1-8-3-4-9(7-10(8)13)15-12(16)11(14)5-6-17-2/h3-4,7,11H,5-6,14H2,1-2H3,(H,15,16). The Morgan fingerprint density at radius 2 is 2.29 bits per heavy atom. The second-order valence-electron chi connectivity index (χ2n) is 3.84. The zero-order valence-corrected chi connectivity index (χ0v) is 10.8. The van der Waals surface area contributed by atoms with Gasteiger partial charge in [-0.05, 0) is 43.0 Å². The van der Waals surface area contributed by atoms with Gasteiger partial charge in [0.1, 0.15) is 5.82 Å². The van der Waals surface area contributed by atoms with Gasteiger partial charge in [0, 0.05) is 5.69 Å². The Labute approximate surface area is 105 Å². The van der Waals surface area contributed by atoms with E-state index >= 15 is 0 Å². The summed E-state index contributed by atoms with van der Waals surface area (Å²) < 4.78 is 13.2. The van der Waals surface area contributed by atoms with Crippen molar-refractivity contribution in [2.75, 3.05) is 17.3 Å². The van der Waals surface area contributed by atoms with Crippen LogP contribution in [-0.2, 0) is 4.79 Å². The molecule has 3 N–H and O–H groups in total. The molecule has 1 amide bonds. The SMILES string of the molecule is CSCCC(N)C(=O)Nc1ccc(C)c(F)c1. The van der Waals surface area contributed by atoms with Crippen molar-refractivity contribution in [3.8, 4) is 0 Å². The molecule has 0 aliphatic rings. The lowest BCUT2D eigenvalue weighted by atomic mass is 10.2. The molecule has 0 saturated heterocycles. The smallest absolute Gasteiger partial charge is 0.241 e. The highest BCUT2D eigenvalue weighted by Crippen LogP contribution is 2.14. The van der Waals surface area contributed by atoms with Crippen LogP contribution < -0.4 is 11.1 Å². The largest absolute Gasteiger partial charge is 0.325 e. The Morgan fingerprint density at radius 1 is 1.59 bits per heavy atom. The number of halogens is 1. The van der Waals surface area contributed by atoms with E-state index in [1.54, 1.807) is 30.8 Å². The zero-order valence-electron chi connectivity index (χ0n) is 10.00. The number of carbonyl (C=O) groups is 1. The summed E-state index contributed by atoms with van der Waals surface area (Å²) in [4.78, 5) is 11.6. The monoisotopic (exact) mass is 256 g/mol. The Bertz CT molecular complexity index is 398. The van der Waals surface area contributed by atoms with E-state index < -0.39 is 6.04 Å². The fourth-order valence-corrected chi connectivity index (χ4v) is 1.77. The molecule has 0 bridgehead atoms. The molecule has 0 aliphatic heterocycles. The van der Waals surface area contributed by atoms with Gasteiger partial charge in [0.05, 0.1) is 6.04 Å². The second kappa shape index (κ2) is 6.61. The first kappa shape index (κ1) is 14.0. The molecule has 0 radical (unpaired) electrons. The van der Waals surface area contributed by atoms with Crippen molar-refractivity contribution >= 4 is 23.4 Å². The second-order valence-corrected chi connectivity index (χ2v) is 4.83. The van der Waals surface area contributed by atoms with Crippen LogP contribution in [0.4, 0.5) is 10.1 Å². The molecule has 5 heteroatoms. The molecular formula is C12H17FN2OS. The lowest BCUT2D eigenvalue weighted by molar-refractivity contribution is -0.117. The minimum Gasteiger partial charge on any atom is -0.325 e. The third kappa shape index (κ3) is 4.36. The van der Waals surface area contributed by atoms with Crippen LogP contribution in [0.25, 0.3) is 0 Å². The van der Waals surface area contributed by atoms with E-state index in [9.17, 15) is 9.18 Å². The number of nitrogens with two attached hydrogens (primary N) is 1. The molecule has 0 saturated carbocycles. The molecule has 0 aliphatic carbocycles. The predicted octanol–water partition coefficient (Wildman–Crippen LogP) is 2.15. The first-order valence-electron chi connectivity index (χ1n) is 5.36.